The van der Waals surface area contributed by atoms with Crippen LogP contribution in [-0.2, 0) is 25.7 Å². The summed E-state index contributed by atoms with van der Waals surface area (Å²) < 4.78 is 24.4. The normalized spacial score (nSPS) is 13.2. The Kier molecular flexibility index (Phi) is 21.4. The Morgan fingerprint density at radius 3 is 2.30 bits per heavy atom. The third-order valence-corrected chi connectivity index (χ3v) is 15.4. The molecule has 0 spiro atoms. The smallest absolute Gasteiger partial charge is 0.246 e. The van der Waals surface area contributed by atoms with Crippen LogP contribution < -0.4 is 15.5 Å². The highest BCUT2D eigenvalue weighted by Gasteiger charge is 2.29. The Bertz CT molecular complexity index is 3390. The summed E-state index contributed by atoms with van der Waals surface area (Å²) in [6.45, 7) is 24.0. The third kappa shape index (κ3) is 15.3. The average molecular weight is 1170 g/mol. The van der Waals surface area contributed by atoms with E-state index in [1.54, 1.807) is 35.3 Å². The fraction of sp³-hybridized carbons (Fsp3) is 0.390. The van der Waals surface area contributed by atoms with Gasteiger partial charge in [-0.3, -0.25) is 19.1 Å². The molecule has 80 heavy (non-hydrogen) atoms. The Balaban J connectivity index is 0.000000210. The van der Waals surface area contributed by atoms with Crippen molar-refractivity contribution in [2.45, 2.75) is 92.3 Å². The minimum Gasteiger partial charge on any atom is -0.508 e. The molecule has 426 valence electrons. The number of aromatic hydroxyl groups is 1. The summed E-state index contributed by atoms with van der Waals surface area (Å²) in [5, 5.41) is 28.7. The van der Waals surface area contributed by atoms with Crippen molar-refractivity contribution in [2.24, 2.45) is 4.99 Å². The van der Waals surface area contributed by atoms with Gasteiger partial charge in [-0.1, -0.05) is 66.2 Å². The molecule has 0 radical (unpaired) electrons. The summed E-state index contributed by atoms with van der Waals surface area (Å²) in [5.41, 5.74) is 4.82. The molecule has 3 N–H and O–H groups in total. The predicted molar refractivity (Wildman–Crippen MR) is 328 cm³/mol. The first-order valence-corrected chi connectivity index (χ1v) is 27.7. The number of aliphatic imine (C=N–C) groups is 1. The first-order valence-electron chi connectivity index (χ1n) is 26.2. The minimum absolute atomic E-state index is 0. The number of nitrogens with one attached hydrogen (secondary N) is 2. The number of ether oxygens (including phenoxy) is 1. The van der Waals surface area contributed by atoms with Gasteiger partial charge in [-0.15, -0.1) is 21.5 Å². The Labute approximate surface area is 488 Å². The van der Waals surface area contributed by atoms with Crippen molar-refractivity contribution in [3.63, 3.8) is 0 Å². The van der Waals surface area contributed by atoms with Crippen LogP contribution >= 0.6 is 48.0 Å². The molecule has 7 aromatic rings. The number of phenolic OH excluding ortho intramolecular Hbond substituents is 1. The van der Waals surface area contributed by atoms with Crippen molar-refractivity contribution in [3.8, 4) is 21.9 Å². The molecular formula is C59H72Cl2FN11O5S2. The van der Waals surface area contributed by atoms with E-state index in [9.17, 15) is 19.5 Å². The summed E-state index contributed by atoms with van der Waals surface area (Å²) in [4.78, 5) is 54.9. The topological polar surface area (TPSA) is 183 Å². The molecule has 2 amide bonds. The number of phenols is 1. The summed E-state index contributed by atoms with van der Waals surface area (Å²) in [6, 6.07) is 19.9. The number of amides is 2. The number of benzene rings is 4. The number of hydrogen-bond donors (Lipinski definition) is 3. The standard InChI is InChI=1S/C28H25ClFN5O3.C17H15ClN4S.C14H30N2O2.H2S/c1-2-23(38)34-9-11-35(12-10-34)27-21-16-22(29)24(20-15-18(37)14-17-6-3-4-7-19(17)20)25(30)26(21)32-28(33-27)31-8-5-13-36;1-9-10(2)23-17-15(9)16(12-4-6-13(18)7-5-12)19-8-14-21-20-11(3)22(14)17;1-12(17)15-13(2,3)9-11-18-14(4,5)8-10-16(6)7;/h2-4,6-7,13-16,37H,1,5,8-12H2,(H,31,32,33);4-7H,8H2,1-3H3;8-11H2,1-7H3,(H,15,17);1H2. The van der Waals surface area contributed by atoms with Gasteiger partial charge in [0.15, 0.2) is 11.6 Å². The first kappa shape index (κ1) is 62.7. The molecule has 1 saturated heterocycles. The number of nitrogens with zero attached hydrogens (tertiary/aromatic N) is 9. The van der Waals surface area contributed by atoms with Crippen LogP contribution in [0.2, 0.25) is 10.0 Å². The number of carbonyl (C=O) groups is 3. The lowest BCUT2D eigenvalue weighted by atomic mass is 9.96. The van der Waals surface area contributed by atoms with Gasteiger partial charge in [-0.05, 0) is 134 Å². The lowest BCUT2D eigenvalue weighted by molar-refractivity contribution is -0.126. The molecular weight excluding hydrogens is 1100 g/mol. The lowest BCUT2D eigenvalue weighted by Crippen LogP contribution is -2.48. The second kappa shape index (κ2) is 27.3. The SMILES string of the molecule is C=CC(=O)N1CCN(c2nc(NCCC=O)nc3c(F)c(-c4cc(O)cc5ccccc45)c(Cl)cc23)CC1.CC(=O)NC(C)(C)CCOC(C)(C)CCN(C)C.Cc1sc2c(c1C)C(c1ccc(Cl)cc1)=NCc1nnc(C)n1-2.S. The van der Waals surface area contributed by atoms with Crippen molar-refractivity contribution < 1.29 is 28.6 Å². The molecule has 0 saturated carbocycles. The number of piperazine rings is 1. The van der Waals surface area contributed by atoms with Crippen LogP contribution in [0.5, 0.6) is 5.75 Å². The third-order valence-electron chi connectivity index (χ3n) is 13.7. The number of aromatic nitrogens is 5. The van der Waals surface area contributed by atoms with Crippen LogP contribution in [0.25, 0.3) is 37.8 Å². The highest BCUT2D eigenvalue weighted by molar-refractivity contribution is 7.59. The van der Waals surface area contributed by atoms with Crippen LogP contribution in [0.3, 0.4) is 0 Å². The number of fused-ring (bicyclic) bond motifs is 5. The monoisotopic (exact) mass is 1170 g/mol. The molecule has 0 aliphatic carbocycles. The van der Waals surface area contributed by atoms with E-state index in [0.29, 0.717) is 56.1 Å². The van der Waals surface area contributed by atoms with Crippen molar-refractivity contribution >= 4 is 105 Å². The molecule has 3 aromatic heterocycles. The maximum absolute atomic E-state index is 16.4. The van der Waals surface area contributed by atoms with Crippen molar-refractivity contribution in [3.05, 3.63) is 128 Å². The molecule has 9 rings (SSSR count). The Morgan fingerprint density at radius 1 is 0.938 bits per heavy atom. The summed E-state index contributed by atoms with van der Waals surface area (Å²) >= 11 is 14.5. The number of rotatable bonds is 16. The van der Waals surface area contributed by atoms with E-state index in [-0.39, 0.29) is 77.2 Å². The number of aryl methyl sites for hydroxylation is 2. The van der Waals surface area contributed by atoms with Gasteiger partial charge in [0.05, 0.1) is 16.3 Å². The molecule has 21 heteroatoms. The molecule has 1 fully saturated rings. The molecule has 5 heterocycles. The van der Waals surface area contributed by atoms with E-state index in [1.807, 2.05) is 74.2 Å². The highest BCUT2D eigenvalue weighted by Crippen LogP contribution is 2.43. The van der Waals surface area contributed by atoms with E-state index in [4.69, 9.17) is 32.9 Å². The van der Waals surface area contributed by atoms with Crippen LogP contribution in [0.15, 0.2) is 84.4 Å². The van der Waals surface area contributed by atoms with E-state index in [1.165, 1.54) is 28.1 Å². The first-order chi connectivity index (χ1) is 37.5. The van der Waals surface area contributed by atoms with Crippen LogP contribution in [0.4, 0.5) is 16.2 Å². The number of halogens is 3. The van der Waals surface area contributed by atoms with E-state index in [2.05, 4.69) is 88.6 Å². The fourth-order valence-electron chi connectivity index (χ4n) is 9.34. The van der Waals surface area contributed by atoms with Gasteiger partial charge in [-0.2, -0.15) is 18.5 Å². The number of thiophene rings is 1. The largest absolute Gasteiger partial charge is 0.508 e. The van der Waals surface area contributed by atoms with Gasteiger partial charge in [0.2, 0.25) is 17.8 Å². The Morgan fingerprint density at radius 2 is 1.64 bits per heavy atom. The average Bonchev–Trinajstić information content (AvgIpc) is 3.85. The maximum atomic E-state index is 16.4. The van der Waals surface area contributed by atoms with Gasteiger partial charge < -0.3 is 40.0 Å². The van der Waals surface area contributed by atoms with Crippen LogP contribution in [-0.4, -0.2) is 135 Å². The Hall–Kier alpha value is -6.48. The molecule has 4 aromatic carbocycles. The van der Waals surface area contributed by atoms with E-state index < -0.39 is 5.82 Å². The predicted octanol–water partition coefficient (Wildman–Crippen LogP) is 11.2. The molecule has 0 unspecified atom stereocenters. The van der Waals surface area contributed by atoms with Gasteiger partial charge in [0, 0.05) is 96.7 Å². The molecule has 0 atom stereocenters. The fourth-order valence-corrected chi connectivity index (χ4v) is 11.0. The molecule has 2 aliphatic rings. The second-order valence-corrected chi connectivity index (χ2v) is 23.1. The number of carbonyl (C=O) groups excluding carboxylic acids is 3. The summed E-state index contributed by atoms with van der Waals surface area (Å²) in [7, 11) is 4.13. The summed E-state index contributed by atoms with van der Waals surface area (Å²) in [6.07, 6.45) is 4.12. The zero-order valence-electron chi connectivity index (χ0n) is 47.1. The quantitative estimate of drug-likeness (QED) is 0.0474. The van der Waals surface area contributed by atoms with Gasteiger partial charge in [-0.25, -0.2) is 9.37 Å². The summed E-state index contributed by atoms with van der Waals surface area (Å²) in [5.74, 6) is 1.63. The second-order valence-electron chi connectivity index (χ2n) is 21.0. The molecule has 2 aliphatic heterocycles. The van der Waals surface area contributed by atoms with Crippen molar-refractivity contribution in [2.75, 3.05) is 70.2 Å². The van der Waals surface area contributed by atoms with Crippen LogP contribution in [0.1, 0.15) is 87.1 Å². The van der Waals surface area contributed by atoms with Gasteiger partial charge in [0.25, 0.3) is 0 Å². The van der Waals surface area contributed by atoms with Gasteiger partial charge in [0.1, 0.15) is 40.7 Å². The number of hydrogen-bond acceptors (Lipinski definition) is 14. The zero-order chi connectivity index (χ0) is 57.3. The lowest BCUT2D eigenvalue weighted by Gasteiger charge is -2.35. The molecule has 16 nitrogen and oxygen atoms in total. The van der Waals surface area contributed by atoms with Crippen molar-refractivity contribution in [1.82, 2.24) is 39.8 Å². The van der Waals surface area contributed by atoms with Crippen molar-refractivity contribution in [1.29, 1.82) is 0 Å². The maximum Gasteiger partial charge on any atom is 0.246 e. The number of anilines is 2. The molecule has 0 bridgehead atoms. The minimum atomic E-state index is -0.647. The van der Waals surface area contributed by atoms with E-state index >= 15 is 4.39 Å². The van der Waals surface area contributed by atoms with Crippen LogP contribution in [0, 0.1) is 26.6 Å². The van der Waals surface area contributed by atoms with Gasteiger partial charge >= 0.3 is 0 Å². The van der Waals surface area contributed by atoms with E-state index in [0.717, 1.165) is 69.4 Å². The number of aldehydes is 1. The zero-order valence-corrected chi connectivity index (χ0v) is 50.5. The highest BCUT2D eigenvalue weighted by atomic mass is 35.5.